The molecule has 0 fully saturated rings. The molecule has 0 bridgehead atoms. The third-order valence-electron chi connectivity index (χ3n) is 7.11. The molecule has 0 saturated carbocycles. The molecule has 0 aliphatic heterocycles. The van der Waals surface area contributed by atoms with Crippen LogP contribution in [-0.4, -0.2) is 15.0 Å². The average Bonchev–Trinajstić information content (AvgIpc) is 3.70. The van der Waals surface area contributed by atoms with Crippen LogP contribution in [0.3, 0.4) is 0 Å². The molecule has 5 aromatic heterocycles. The van der Waals surface area contributed by atoms with E-state index >= 15 is 0 Å². The maximum Gasteiger partial charge on any atom is 0.125 e. The van der Waals surface area contributed by atoms with Crippen molar-refractivity contribution in [3.63, 3.8) is 0 Å². The maximum atomic E-state index is 8.77. The van der Waals surface area contributed by atoms with Crippen LogP contribution in [-0.2, 0) is 39.2 Å². The quantitative estimate of drug-likeness (QED) is 0.162. The van der Waals surface area contributed by atoms with Crippen LogP contribution in [0.2, 0.25) is 0 Å². The fourth-order valence-corrected chi connectivity index (χ4v) is 6.68. The van der Waals surface area contributed by atoms with Gasteiger partial charge in [-0.15, -0.1) is 53.6 Å². The Balaban J connectivity index is 0.000000221. The van der Waals surface area contributed by atoms with Crippen LogP contribution in [0.25, 0.3) is 54.0 Å². The summed E-state index contributed by atoms with van der Waals surface area (Å²) >= 11 is 1.38. The van der Waals surface area contributed by atoms with Gasteiger partial charge >= 0.3 is 0 Å². The second-order valence-corrected chi connectivity index (χ2v) is 16.1. The number of benzene rings is 2. The first-order valence-corrected chi connectivity index (χ1v) is 16.8. The molecule has 0 N–H and O–H groups in total. The Bertz CT molecular complexity index is 2560. The number of aryl methyl sites for hydroxylation is 1. The number of hydrogen-bond acceptors (Lipinski definition) is 5. The summed E-state index contributed by atoms with van der Waals surface area (Å²) in [4.78, 5) is 13.9. The monoisotopic (exact) mass is 855 g/mol. The molecule has 49 heavy (non-hydrogen) atoms. The normalized spacial score (nSPS) is 16.2. The van der Waals surface area contributed by atoms with Gasteiger partial charge in [0.1, 0.15) is 10.4 Å². The second-order valence-electron chi connectivity index (χ2n) is 15.1. The Morgan fingerprint density at radius 2 is 1.53 bits per heavy atom. The zero-order chi connectivity index (χ0) is 42.3. The van der Waals surface area contributed by atoms with Crippen molar-refractivity contribution in [1.29, 1.82) is 0 Å². The molecule has 5 heterocycles. The van der Waals surface area contributed by atoms with E-state index < -0.39 is 42.2 Å². The molecule has 7 aromatic rings. The molecule has 0 unspecified atom stereocenters. The summed E-state index contributed by atoms with van der Waals surface area (Å²) in [7, 11) is 0. The molecule has 0 aliphatic carbocycles. The minimum absolute atomic E-state index is 0. The molecule has 0 saturated heterocycles. The molecule has 4 nitrogen and oxygen atoms in total. The summed E-state index contributed by atoms with van der Waals surface area (Å²) in [6.07, 6.45) is -1.90. The van der Waals surface area contributed by atoms with Gasteiger partial charge in [0.15, 0.2) is 0 Å². The molecule has 1 radical (unpaired) electrons. The van der Waals surface area contributed by atoms with Crippen LogP contribution < -0.4 is 0 Å². The molecule has 7 rings (SSSR count). The van der Waals surface area contributed by atoms with E-state index in [1.165, 1.54) is 23.6 Å². The van der Waals surface area contributed by atoms with E-state index in [1.54, 1.807) is 36.5 Å². The van der Waals surface area contributed by atoms with Crippen LogP contribution in [0, 0.1) is 35.2 Å². The number of hydrogen-bond donors (Lipinski definition) is 0. The summed E-state index contributed by atoms with van der Waals surface area (Å²) in [6, 6.07) is 22.1. The molecule has 0 aliphatic rings. The van der Waals surface area contributed by atoms with E-state index in [2.05, 4.69) is 27.1 Å². The zero-order valence-corrected chi connectivity index (χ0v) is 32.6. The standard InChI is InChI=1S/C22H19N2OS.C21H28N.Ir/c1-12-9-17-19-18-16(25-17)6-5-14(20(18)26-21(19)24-12)15-10-13(7-8-23-15)11-22(2,3)4;1-20(2,3)13-17-12-19(16-10-8-7-9-11-16)22-15-18(17)14-21(4,5)6;/h6-10H,11H2,1-4H3;7-10,12,15H,13-14H2,1-6H3;/q2*-1;/i1D3,11D2;13D2,14D2;. The van der Waals surface area contributed by atoms with Crippen molar-refractivity contribution < 1.29 is 36.9 Å². The minimum atomic E-state index is -2.33. The maximum absolute atomic E-state index is 8.77. The number of aromatic nitrogens is 3. The molecule has 0 spiro atoms. The van der Waals surface area contributed by atoms with E-state index in [-0.39, 0.29) is 25.8 Å². The number of thiophene rings is 1. The number of rotatable bonds is 5. The summed E-state index contributed by atoms with van der Waals surface area (Å²) in [5.74, 6) is 0. The van der Waals surface area contributed by atoms with Gasteiger partial charge in [-0.2, -0.15) is 11.3 Å². The second kappa shape index (κ2) is 14.1. The van der Waals surface area contributed by atoms with Crippen molar-refractivity contribution in [3.8, 4) is 22.5 Å². The average molecular weight is 855 g/mol. The first-order valence-electron chi connectivity index (χ1n) is 20.5. The van der Waals surface area contributed by atoms with E-state index in [0.717, 1.165) is 26.6 Å². The third-order valence-corrected chi connectivity index (χ3v) is 8.21. The predicted octanol–water partition coefficient (Wildman–Crippen LogP) is 12.1. The van der Waals surface area contributed by atoms with Gasteiger partial charge in [0.25, 0.3) is 0 Å². The predicted molar refractivity (Wildman–Crippen MR) is 203 cm³/mol. The van der Waals surface area contributed by atoms with Crippen molar-refractivity contribution in [3.05, 3.63) is 102 Å². The van der Waals surface area contributed by atoms with Crippen molar-refractivity contribution in [2.45, 2.75) is 88.3 Å². The van der Waals surface area contributed by atoms with Gasteiger partial charge in [-0.3, -0.25) is 0 Å². The molecule has 0 atom stereocenters. The van der Waals surface area contributed by atoms with Crippen molar-refractivity contribution in [2.24, 2.45) is 16.2 Å². The first-order chi connectivity index (χ1) is 26.1. The van der Waals surface area contributed by atoms with E-state index in [9.17, 15) is 0 Å². The van der Waals surface area contributed by atoms with Gasteiger partial charge in [-0.05, 0) is 80.9 Å². The van der Waals surface area contributed by atoms with Gasteiger partial charge in [0.2, 0.25) is 0 Å². The van der Waals surface area contributed by atoms with Crippen LogP contribution in [0.1, 0.15) is 97.0 Å². The van der Waals surface area contributed by atoms with Gasteiger partial charge < -0.3 is 14.4 Å². The van der Waals surface area contributed by atoms with Crippen molar-refractivity contribution >= 4 is 42.8 Å². The van der Waals surface area contributed by atoms with Crippen molar-refractivity contribution in [1.82, 2.24) is 15.0 Å². The Hall–Kier alpha value is -3.44. The van der Waals surface area contributed by atoms with Crippen LogP contribution >= 0.6 is 11.3 Å². The van der Waals surface area contributed by atoms with Gasteiger partial charge in [0, 0.05) is 62.0 Å². The molecule has 6 heteroatoms. The van der Waals surface area contributed by atoms with Gasteiger partial charge in [-0.1, -0.05) is 80.0 Å². The van der Waals surface area contributed by atoms with Crippen LogP contribution in [0.4, 0.5) is 0 Å². The Morgan fingerprint density at radius 1 is 0.796 bits per heavy atom. The first kappa shape index (κ1) is 26.4. The fraction of sp³-hybridized carbons (Fsp3) is 0.372. The topological polar surface area (TPSA) is 51.8 Å². The number of furan rings is 1. The molecular formula is C43H47IrN3OS-2. The molecule has 0 amide bonds. The van der Waals surface area contributed by atoms with Crippen LogP contribution in [0.5, 0.6) is 0 Å². The van der Waals surface area contributed by atoms with E-state index in [4.69, 9.17) is 16.8 Å². The van der Waals surface area contributed by atoms with Crippen LogP contribution in [0.15, 0.2) is 71.4 Å². The fourth-order valence-electron chi connectivity index (χ4n) is 5.47. The minimum Gasteiger partial charge on any atom is -0.500 e. The third kappa shape index (κ3) is 8.84. The molecule has 2 aromatic carbocycles. The summed E-state index contributed by atoms with van der Waals surface area (Å²) < 4.78 is 81.9. The smallest absolute Gasteiger partial charge is 0.125 e. The molecular weight excluding hydrogens is 799 g/mol. The van der Waals surface area contributed by atoms with Crippen molar-refractivity contribution in [2.75, 3.05) is 0 Å². The summed E-state index contributed by atoms with van der Waals surface area (Å²) in [5.41, 5.74) is 3.03. The number of nitrogens with zero attached hydrogens (tertiary/aromatic N) is 3. The Labute approximate surface area is 322 Å². The van der Waals surface area contributed by atoms with E-state index in [0.29, 0.717) is 44.1 Å². The summed E-state index contributed by atoms with van der Waals surface area (Å²) in [5, 5.41) is 1.68. The van der Waals surface area contributed by atoms with Gasteiger partial charge in [0.05, 0.1) is 5.58 Å². The molecule has 257 valence electrons. The SMILES string of the molecule is [2H]C([2H])([2H])c1cc2oc3c[c-]c(-c4cc(C([2H])([2H])C(C)(C)C)ccn4)c4sc(n1)c2c34.[2H]C([2H])(c1cnc(-c2[c-]cccc2)cc1C([2H])([2H])C(C)(C)C)C(C)(C)C.[Ir]. The van der Waals surface area contributed by atoms with E-state index in [1.807, 2.05) is 80.5 Å². The number of pyridine rings is 3. The Morgan fingerprint density at radius 3 is 2.20 bits per heavy atom. The zero-order valence-electron chi connectivity index (χ0n) is 38.3. The largest absolute Gasteiger partial charge is 0.500 e. The summed E-state index contributed by atoms with van der Waals surface area (Å²) in [6.45, 7) is 14.2. The van der Waals surface area contributed by atoms with Gasteiger partial charge in [-0.25, -0.2) is 4.98 Å². The Kier molecular flexibility index (Phi) is 7.57.